The van der Waals surface area contributed by atoms with Crippen LogP contribution in [-0.4, -0.2) is 13.1 Å². The van der Waals surface area contributed by atoms with Crippen molar-refractivity contribution in [2.45, 2.75) is 37.6 Å². The molecule has 1 aliphatic rings. The van der Waals surface area contributed by atoms with Crippen LogP contribution in [0.3, 0.4) is 0 Å². The van der Waals surface area contributed by atoms with Crippen LogP contribution in [0.15, 0.2) is 60.7 Å². The van der Waals surface area contributed by atoms with E-state index >= 15 is 0 Å². The maximum absolute atomic E-state index is 3.55. The van der Waals surface area contributed by atoms with Gasteiger partial charge in [0.2, 0.25) is 0 Å². The summed E-state index contributed by atoms with van der Waals surface area (Å²) in [6, 6.07) is 22.6. The summed E-state index contributed by atoms with van der Waals surface area (Å²) in [5.74, 6) is 1.46. The molecule has 0 bridgehead atoms. The number of benzene rings is 2. The fourth-order valence-electron chi connectivity index (χ4n) is 3.81. The van der Waals surface area contributed by atoms with Gasteiger partial charge in [0.1, 0.15) is 0 Å². The highest BCUT2D eigenvalue weighted by Gasteiger charge is 2.30. The highest BCUT2D eigenvalue weighted by Crippen LogP contribution is 2.37. The van der Waals surface area contributed by atoms with E-state index in [1.165, 1.54) is 36.8 Å². The van der Waals surface area contributed by atoms with Gasteiger partial charge in [-0.2, -0.15) is 0 Å². The van der Waals surface area contributed by atoms with E-state index in [1.807, 2.05) is 0 Å². The monoisotopic (exact) mass is 279 g/mol. The third-order valence-electron chi connectivity index (χ3n) is 4.96. The second-order valence-corrected chi connectivity index (χ2v) is 6.27. The highest BCUT2D eigenvalue weighted by molar-refractivity contribution is 5.21. The zero-order valence-electron chi connectivity index (χ0n) is 12.8. The number of nitrogens with one attached hydrogen (secondary N) is 1. The summed E-state index contributed by atoms with van der Waals surface area (Å²) in [5.41, 5.74) is 2.99. The predicted molar refractivity (Wildman–Crippen MR) is 89.5 cm³/mol. The molecule has 0 radical (unpaired) electrons. The van der Waals surface area contributed by atoms with Crippen molar-refractivity contribution in [3.63, 3.8) is 0 Å². The molecule has 1 nitrogen and oxygen atoms in total. The molecule has 1 fully saturated rings. The molecule has 3 rings (SSSR count). The minimum atomic E-state index is 0.658. The minimum absolute atomic E-state index is 0.658. The molecule has 1 saturated carbocycles. The Hall–Kier alpha value is -1.60. The molecule has 0 aliphatic heterocycles. The SMILES string of the molecule is CNC1CCC(c2ccccc2)CC1Cc1ccccc1. The van der Waals surface area contributed by atoms with Crippen molar-refractivity contribution in [1.29, 1.82) is 0 Å². The van der Waals surface area contributed by atoms with Crippen molar-refractivity contribution in [2.24, 2.45) is 5.92 Å². The Morgan fingerprint density at radius 2 is 1.57 bits per heavy atom. The van der Waals surface area contributed by atoms with Gasteiger partial charge in [0.15, 0.2) is 0 Å². The molecule has 1 N–H and O–H groups in total. The first-order chi connectivity index (χ1) is 10.4. The average molecular weight is 279 g/mol. The molecule has 21 heavy (non-hydrogen) atoms. The molecule has 0 saturated heterocycles. The van der Waals surface area contributed by atoms with Crippen LogP contribution in [0.1, 0.15) is 36.3 Å². The Labute approximate surface area is 128 Å². The molecule has 2 aromatic carbocycles. The molecule has 110 valence electrons. The van der Waals surface area contributed by atoms with Crippen molar-refractivity contribution in [3.05, 3.63) is 71.8 Å². The molecule has 0 spiro atoms. The summed E-state index contributed by atoms with van der Waals surface area (Å²) in [5, 5.41) is 3.55. The van der Waals surface area contributed by atoms with E-state index in [2.05, 4.69) is 73.0 Å². The smallest absolute Gasteiger partial charge is 0.00959 e. The maximum Gasteiger partial charge on any atom is 0.00959 e. The van der Waals surface area contributed by atoms with E-state index in [1.54, 1.807) is 0 Å². The van der Waals surface area contributed by atoms with Gasteiger partial charge >= 0.3 is 0 Å². The van der Waals surface area contributed by atoms with Crippen LogP contribution in [-0.2, 0) is 6.42 Å². The van der Waals surface area contributed by atoms with Gasteiger partial charge < -0.3 is 5.32 Å². The van der Waals surface area contributed by atoms with Crippen LogP contribution in [0.5, 0.6) is 0 Å². The standard InChI is InChI=1S/C20H25N/c1-21-20-13-12-18(17-10-6-3-7-11-17)15-19(20)14-16-8-4-2-5-9-16/h2-11,18-21H,12-15H2,1H3. The average Bonchev–Trinajstić information content (AvgIpc) is 2.56. The second-order valence-electron chi connectivity index (χ2n) is 6.27. The molecular weight excluding hydrogens is 254 g/mol. The lowest BCUT2D eigenvalue weighted by molar-refractivity contribution is 0.248. The Kier molecular flexibility index (Phi) is 4.72. The number of hydrogen-bond acceptors (Lipinski definition) is 1. The Bertz CT molecular complexity index is 534. The first kappa shape index (κ1) is 14.3. The minimum Gasteiger partial charge on any atom is -0.317 e. The van der Waals surface area contributed by atoms with Crippen molar-refractivity contribution in [1.82, 2.24) is 5.32 Å². The molecule has 0 amide bonds. The topological polar surface area (TPSA) is 12.0 Å². The first-order valence-corrected chi connectivity index (χ1v) is 8.13. The molecule has 1 aliphatic carbocycles. The molecule has 3 unspecified atom stereocenters. The Morgan fingerprint density at radius 3 is 2.24 bits per heavy atom. The van der Waals surface area contributed by atoms with Crippen molar-refractivity contribution >= 4 is 0 Å². The third-order valence-corrected chi connectivity index (χ3v) is 4.96. The van der Waals surface area contributed by atoms with Gasteiger partial charge in [-0.25, -0.2) is 0 Å². The summed E-state index contributed by atoms with van der Waals surface area (Å²) in [7, 11) is 2.12. The maximum atomic E-state index is 3.55. The Balaban J connectivity index is 1.73. The fraction of sp³-hybridized carbons (Fsp3) is 0.400. The molecule has 0 aromatic heterocycles. The van der Waals surface area contributed by atoms with Gasteiger partial charge in [0, 0.05) is 6.04 Å². The zero-order chi connectivity index (χ0) is 14.5. The summed E-state index contributed by atoms with van der Waals surface area (Å²) in [6.45, 7) is 0. The van der Waals surface area contributed by atoms with Crippen LogP contribution in [0, 0.1) is 5.92 Å². The molecular formula is C20H25N. The molecule has 0 heterocycles. The van der Waals surface area contributed by atoms with E-state index in [-0.39, 0.29) is 0 Å². The van der Waals surface area contributed by atoms with Gasteiger partial charge in [-0.3, -0.25) is 0 Å². The second kappa shape index (κ2) is 6.91. The third kappa shape index (κ3) is 3.54. The number of hydrogen-bond donors (Lipinski definition) is 1. The lowest BCUT2D eigenvalue weighted by atomic mass is 9.73. The largest absolute Gasteiger partial charge is 0.317 e. The summed E-state index contributed by atoms with van der Waals surface area (Å²) < 4.78 is 0. The summed E-state index contributed by atoms with van der Waals surface area (Å²) in [6.07, 6.45) is 5.08. The van der Waals surface area contributed by atoms with E-state index in [9.17, 15) is 0 Å². The van der Waals surface area contributed by atoms with Crippen LogP contribution < -0.4 is 5.32 Å². The lowest BCUT2D eigenvalue weighted by Gasteiger charge is -2.36. The summed E-state index contributed by atoms with van der Waals surface area (Å²) in [4.78, 5) is 0. The van der Waals surface area contributed by atoms with Crippen molar-refractivity contribution in [2.75, 3.05) is 7.05 Å². The van der Waals surface area contributed by atoms with Gasteiger partial charge in [0.05, 0.1) is 0 Å². The van der Waals surface area contributed by atoms with Crippen LogP contribution in [0.4, 0.5) is 0 Å². The van der Waals surface area contributed by atoms with E-state index in [0.717, 1.165) is 11.8 Å². The molecule has 1 heteroatoms. The van der Waals surface area contributed by atoms with Crippen molar-refractivity contribution in [3.8, 4) is 0 Å². The molecule has 2 aromatic rings. The van der Waals surface area contributed by atoms with Crippen LogP contribution in [0.25, 0.3) is 0 Å². The first-order valence-electron chi connectivity index (χ1n) is 8.13. The van der Waals surface area contributed by atoms with E-state index in [0.29, 0.717) is 6.04 Å². The Morgan fingerprint density at radius 1 is 0.905 bits per heavy atom. The lowest BCUT2D eigenvalue weighted by Crippen LogP contribution is -2.39. The summed E-state index contributed by atoms with van der Waals surface area (Å²) >= 11 is 0. The van der Waals surface area contributed by atoms with Crippen LogP contribution in [0.2, 0.25) is 0 Å². The van der Waals surface area contributed by atoms with Crippen LogP contribution >= 0.6 is 0 Å². The van der Waals surface area contributed by atoms with Gasteiger partial charge in [-0.15, -0.1) is 0 Å². The van der Waals surface area contributed by atoms with E-state index in [4.69, 9.17) is 0 Å². The predicted octanol–water partition coefficient (Wildman–Crippen LogP) is 4.40. The molecule has 3 atom stereocenters. The van der Waals surface area contributed by atoms with Gasteiger partial charge in [-0.05, 0) is 55.7 Å². The van der Waals surface area contributed by atoms with Gasteiger partial charge in [0.25, 0.3) is 0 Å². The quantitative estimate of drug-likeness (QED) is 0.874. The van der Waals surface area contributed by atoms with Gasteiger partial charge in [-0.1, -0.05) is 60.7 Å². The highest BCUT2D eigenvalue weighted by atomic mass is 14.9. The van der Waals surface area contributed by atoms with E-state index < -0.39 is 0 Å². The fourth-order valence-corrected chi connectivity index (χ4v) is 3.81. The normalized spacial score (nSPS) is 25.7. The van der Waals surface area contributed by atoms with Crippen molar-refractivity contribution < 1.29 is 0 Å². The zero-order valence-corrected chi connectivity index (χ0v) is 12.8. The number of rotatable bonds is 4.